The Hall–Kier alpha value is -0.630. The smallest absolute Gasteiger partial charge is 0.116 e. The third kappa shape index (κ3) is 6.02. The highest BCUT2D eigenvalue weighted by Gasteiger charge is 2.27. The molecule has 0 fully saturated rings. The lowest BCUT2D eigenvalue weighted by Crippen LogP contribution is -2.53. The van der Waals surface area contributed by atoms with Gasteiger partial charge in [-0.3, -0.25) is 10.2 Å². The first-order chi connectivity index (χ1) is 7.88. The monoisotopic (exact) mass is 240 g/mol. The zero-order chi connectivity index (χ0) is 13.5. The molecule has 0 aliphatic rings. The van der Waals surface area contributed by atoms with Gasteiger partial charge in [-0.05, 0) is 41.0 Å². The summed E-state index contributed by atoms with van der Waals surface area (Å²) in [5, 5.41) is 12.5. The molecule has 0 heterocycles. The molecule has 0 amide bonds. The van der Waals surface area contributed by atoms with Crippen LogP contribution in [0.15, 0.2) is 0 Å². The average Bonchev–Trinajstić information content (AvgIpc) is 2.25. The molecule has 2 atom stereocenters. The first-order valence-corrected chi connectivity index (χ1v) is 6.43. The topological polar surface area (TPSA) is 42.3 Å². The van der Waals surface area contributed by atoms with E-state index in [-0.39, 0.29) is 0 Å². The van der Waals surface area contributed by atoms with Crippen LogP contribution in [0.3, 0.4) is 0 Å². The Kier molecular flexibility index (Phi) is 7.37. The Morgan fingerprint density at radius 2 is 1.94 bits per heavy atom. The Morgan fingerprint density at radius 3 is 2.29 bits per heavy atom. The molecule has 0 aromatic carbocycles. The van der Waals surface area contributed by atoms with Gasteiger partial charge in [0.1, 0.15) is 5.54 Å². The fourth-order valence-electron chi connectivity index (χ4n) is 2.15. The van der Waals surface area contributed by atoms with Crippen molar-refractivity contribution in [1.82, 2.24) is 15.1 Å². The maximum Gasteiger partial charge on any atom is 0.116 e. The van der Waals surface area contributed by atoms with Crippen LogP contribution in [0.25, 0.3) is 0 Å². The van der Waals surface area contributed by atoms with E-state index < -0.39 is 5.54 Å². The predicted octanol–water partition coefficient (Wildman–Crippen LogP) is 1.15. The van der Waals surface area contributed by atoms with Crippen molar-refractivity contribution in [3.8, 4) is 6.07 Å². The van der Waals surface area contributed by atoms with Crippen LogP contribution in [0.2, 0.25) is 0 Å². The van der Waals surface area contributed by atoms with E-state index in [0.29, 0.717) is 6.04 Å². The van der Waals surface area contributed by atoms with Crippen LogP contribution in [-0.2, 0) is 0 Å². The molecule has 4 nitrogen and oxygen atoms in total. The maximum atomic E-state index is 9.27. The van der Waals surface area contributed by atoms with Crippen LogP contribution in [0.5, 0.6) is 0 Å². The Morgan fingerprint density at radius 1 is 1.35 bits per heavy atom. The van der Waals surface area contributed by atoms with Gasteiger partial charge in [-0.1, -0.05) is 13.8 Å². The molecule has 100 valence electrons. The lowest BCUT2D eigenvalue weighted by atomic mass is 10.0. The lowest BCUT2D eigenvalue weighted by Gasteiger charge is -2.35. The van der Waals surface area contributed by atoms with Crippen molar-refractivity contribution >= 4 is 0 Å². The summed E-state index contributed by atoms with van der Waals surface area (Å²) in [7, 11) is 4.16. The van der Waals surface area contributed by atoms with Crippen LogP contribution in [0.1, 0.15) is 27.7 Å². The van der Waals surface area contributed by atoms with Gasteiger partial charge in [0.05, 0.1) is 6.07 Å². The van der Waals surface area contributed by atoms with Crippen LogP contribution in [-0.4, -0.2) is 61.7 Å². The molecule has 0 spiro atoms. The second-order valence-electron chi connectivity index (χ2n) is 5.15. The SMILES string of the molecule is CCNC(C)(C#N)CN(CC)C(C)CN(C)C. The van der Waals surface area contributed by atoms with E-state index in [1.807, 2.05) is 13.8 Å². The molecule has 2 unspecified atom stereocenters. The number of nitriles is 1. The normalized spacial score (nSPS) is 16.9. The average molecular weight is 240 g/mol. The lowest BCUT2D eigenvalue weighted by molar-refractivity contribution is 0.152. The van der Waals surface area contributed by atoms with E-state index in [9.17, 15) is 5.26 Å². The second-order valence-corrected chi connectivity index (χ2v) is 5.15. The van der Waals surface area contributed by atoms with Crippen molar-refractivity contribution in [1.29, 1.82) is 5.26 Å². The standard InChI is InChI=1S/C13H28N4/c1-7-15-13(4,10-14)11-17(8-2)12(3)9-16(5)6/h12,15H,7-9,11H2,1-6H3. The number of rotatable bonds is 8. The molecular weight excluding hydrogens is 212 g/mol. The van der Waals surface area contributed by atoms with Gasteiger partial charge < -0.3 is 4.90 Å². The molecule has 1 N–H and O–H groups in total. The molecule has 0 rings (SSSR count). The minimum absolute atomic E-state index is 0.453. The van der Waals surface area contributed by atoms with Gasteiger partial charge in [-0.2, -0.15) is 5.26 Å². The summed E-state index contributed by atoms with van der Waals surface area (Å²) < 4.78 is 0. The highest BCUT2D eigenvalue weighted by atomic mass is 15.2. The number of likely N-dealkylation sites (N-methyl/N-ethyl adjacent to an activating group) is 3. The Balaban J connectivity index is 4.52. The number of nitrogens with zero attached hydrogens (tertiary/aromatic N) is 3. The van der Waals surface area contributed by atoms with E-state index in [1.54, 1.807) is 0 Å². The van der Waals surface area contributed by atoms with E-state index in [2.05, 4.69) is 49.1 Å². The molecule has 0 saturated carbocycles. The van der Waals surface area contributed by atoms with Gasteiger partial charge in [-0.15, -0.1) is 0 Å². The van der Waals surface area contributed by atoms with E-state index in [4.69, 9.17) is 0 Å². The molecule has 17 heavy (non-hydrogen) atoms. The first-order valence-electron chi connectivity index (χ1n) is 6.43. The van der Waals surface area contributed by atoms with Crippen LogP contribution >= 0.6 is 0 Å². The van der Waals surface area contributed by atoms with E-state index in [1.165, 1.54) is 0 Å². The first kappa shape index (κ1) is 16.4. The zero-order valence-electron chi connectivity index (χ0n) is 12.2. The Labute approximate surface area is 107 Å². The van der Waals surface area contributed by atoms with Crippen LogP contribution < -0.4 is 5.32 Å². The summed E-state index contributed by atoms with van der Waals surface area (Å²) >= 11 is 0. The van der Waals surface area contributed by atoms with Crippen molar-refractivity contribution in [3.05, 3.63) is 0 Å². The second kappa shape index (κ2) is 7.65. The fourth-order valence-corrected chi connectivity index (χ4v) is 2.15. The number of nitrogens with one attached hydrogen (secondary N) is 1. The van der Waals surface area contributed by atoms with Crippen molar-refractivity contribution < 1.29 is 0 Å². The molecule has 0 aromatic rings. The van der Waals surface area contributed by atoms with Crippen molar-refractivity contribution in [2.75, 3.05) is 40.3 Å². The largest absolute Gasteiger partial charge is 0.308 e. The minimum atomic E-state index is -0.453. The molecule has 0 aromatic heterocycles. The summed E-state index contributed by atoms with van der Waals surface area (Å²) in [6.07, 6.45) is 0. The molecule has 0 aliphatic carbocycles. The number of hydrogen-bond donors (Lipinski definition) is 1. The summed E-state index contributed by atoms with van der Waals surface area (Å²) in [5.41, 5.74) is -0.453. The van der Waals surface area contributed by atoms with Gasteiger partial charge in [0.25, 0.3) is 0 Å². The van der Waals surface area contributed by atoms with Crippen LogP contribution in [0.4, 0.5) is 0 Å². The van der Waals surface area contributed by atoms with Gasteiger partial charge in [0.2, 0.25) is 0 Å². The summed E-state index contributed by atoms with van der Waals surface area (Å²) in [6, 6.07) is 2.85. The van der Waals surface area contributed by atoms with Gasteiger partial charge in [0, 0.05) is 19.1 Å². The van der Waals surface area contributed by atoms with Gasteiger partial charge in [-0.25, -0.2) is 0 Å². The zero-order valence-corrected chi connectivity index (χ0v) is 12.2. The van der Waals surface area contributed by atoms with Gasteiger partial charge >= 0.3 is 0 Å². The maximum absolute atomic E-state index is 9.27. The molecule has 0 bridgehead atoms. The number of hydrogen-bond acceptors (Lipinski definition) is 4. The Bertz CT molecular complexity index is 246. The predicted molar refractivity (Wildman–Crippen MR) is 73.0 cm³/mol. The summed E-state index contributed by atoms with van der Waals surface area (Å²) in [4.78, 5) is 4.54. The van der Waals surface area contributed by atoms with E-state index >= 15 is 0 Å². The fraction of sp³-hybridized carbons (Fsp3) is 0.923. The minimum Gasteiger partial charge on any atom is -0.308 e. The molecule has 0 radical (unpaired) electrons. The molecule has 0 saturated heterocycles. The van der Waals surface area contributed by atoms with Crippen LogP contribution in [0, 0.1) is 11.3 Å². The summed E-state index contributed by atoms with van der Waals surface area (Å²) in [5.74, 6) is 0. The summed E-state index contributed by atoms with van der Waals surface area (Å²) in [6.45, 7) is 11.9. The highest BCUT2D eigenvalue weighted by molar-refractivity contribution is 5.06. The van der Waals surface area contributed by atoms with E-state index in [0.717, 1.165) is 26.2 Å². The molecular formula is C13H28N4. The van der Waals surface area contributed by atoms with Crippen molar-refractivity contribution in [2.24, 2.45) is 0 Å². The third-order valence-electron chi connectivity index (χ3n) is 2.99. The van der Waals surface area contributed by atoms with Crippen molar-refractivity contribution in [2.45, 2.75) is 39.3 Å². The quantitative estimate of drug-likeness (QED) is 0.691. The third-order valence-corrected chi connectivity index (χ3v) is 2.99. The van der Waals surface area contributed by atoms with Crippen molar-refractivity contribution in [3.63, 3.8) is 0 Å². The highest BCUT2D eigenvalue weighted by Crippen LogP contribution is 2.09. The molecule has 0 aliphatic heterocycles. The molecule has 4 heteroatoms. The van der Waals surface area contributed by atoms with Gasteiger partial charge in [0.15, 0.2) is 0 Å².